The van der Waals surface area contributed by atoms with Gasteiger partial charge in [-0.05, 0) is 49.6 Å². The number of carbonyl (C=O) groups excluding carboxylic acids is 2. The molecule has 0 radical (unpaired) electrons. The van der Waals surface area contributed by atoms with Gasteiger partial charge in [0.2, 0.25) is 5.91 Å². The molecule has 0 bridgehead atoms. The van der Waals surface area contributed by atoms with E-state index in [4.69, 9.17) is 4.74 Å². The van der Waals surface area contributed by atoms with Crippen LogP contribution in [0.1, 0.15) is 52.2 Å². The molecule has 27 heavy (non-hydrogen) atoms. The van der Waals surface area contributed by atoms with Crippen LogP contribution in [0.4, 0.5) is 0 Å². The lowest BCUT2D eigenvalue weighted by molar-refractivity contribution is -0.130. The maximum atomic E-state index is 12.6. The highest BCUT2D eigenvalue weighted by Gasteiger charge is 2.27. The number of aryl methyl sites for hydroxylation is 2. The molecule has 0 spiro atoms. The average molecular weight is 365 g/mol. The van der Waals surface area contributed by atoms with E-state index in [2.05, 4.69) is 12.1 Å². The summed E-state index contributed by atoms with van der Waals surface area (Å²) in [5.74, 6) is 1.32. The molecule has 0 N–H and O–H groups in total. The van der Waals surface area contributed by atoms with Crippen LogP contribution in [0.3, 0.4) is 0 Å². The van der Waals surface area contributed by atoms with Crippen molar-refractivity contribution in [1.29, 1.82) is 0 Å². The van der Waals surface area contributed by atoms with Gasteiger partial charge >= 0.3 is 0 Å². The van der Waals surface area contributed by atoms with Crippen LogP contribution in [-0.4, -0.2) is 36.8 Å². The summed E-state index contributed by atoms with van der Waals surface area (Å²) < 4.78 is 5.20. The van der Waals surface area contributed by atoms with Gasteiger partial charge in [0.15, 0.2) is 5.78 Å². The van der Waals surface area contributed by atoms with Crippen molar-refractivity contribution in [2.24, 2.45) is 0 Å². The molecule has 1 aliphatic heterocycles. The SMILES string of the molecule is COc1ccc(C2CCN(C(=O)CCC(=O)c3cc(C)ccc3C)C2)cc1. The van der Waals surface area contributed by atoms with Gasteiger partial charge in [-0.25, -0.2) is 0 Å². The number of hydrogen-bond donors (Lipinski definition) is 0. The molecule has 0 aromatic heterocycles. The third kappa shape index (κ3) is 4.57. The van der Waals surface area contributed by atoms with E-state index in [1.807, 2.05) is 49.1 Å². The van der Waals surface area contributed by atoms with Crippen molar-refractivity contribution in [2.75, 3.05) is 20.2 Å². The second kappa shape index (κ2) is 8.38. The van der Waals surface area contributed by atoms with Gasteiger partial charge < -0.3 is 9.64 Å². The number of ether oxygens (including phenoxy) is 1. The van der Waals surface area contributed by atoms with Gasteiger partial charge in [-0.3, -0.25) is 9.59 Å². The van der Waals surface area contributed by atoms with Crippen LogP contribution in [0, 0.1) is 13.8 Å². The van der Waals surface area contributed by atoms with Crippen LogP contribution < -0.4 is 4.74 Å². The number of amides is 1. The highest BCUT2D eigenvalue weighted by Crippen LogP contribution is 2.29. The molecule has 2 aromatic carbocycles. The van der Waals surface area contributed by atoms with Gasteiger partial charge in [-0.15, -0.1) is 0 Å². The van der Waals surface area contributed by atoms with E-state index in [1.54, 1.807) is 7.11 Å². The fourth-order valence-corrected chi connectivity index (χ4v) is 3.68. The maximum Gasteiger partial charge on any atom is 0.223 e. The molecule has 1 fully saturated rings. The number of likely N-dealkylation sites (tertiary alicyclic amines) is 1. The van der Waals surface area contributed by atoms with Crippen molar-refractivity contribution in [3.63, 3.8) is 0 Å². The normalized spacial score (nSPS) is 16.4. The van der Waals surface area contributed by atoms with Crippen LogP contribution in [0.25, 0.3) is 0 Å². The predicted octanol–water partition coefficient (Wildman–Crippen LogP) is 4.29. The number of nitrogens with zero attached hydrogens (tertiary/aromatic N) is 1. The average Bonchev–Trinajstić information content (AvgIpc) is 3.18. The van der Waals surface area contributed by atoms with Crippen molar-refractivity contribution < 1.29 is 14.3 Å². The number of carbonyl (C=O) groups is 2. The predicted molar refractivity (Wildman–Crippen MR) is 106 cm³/mol. The highest BCUT2D eigenvalue weighted by atomic mass is 16.5. The molecule has 4 heteroatoms. The van der Waals surface area contributed by atoms with Crippen LogP contribution in [0.2, 0.25) is 0 Å². The van der Waals surface area contributed by atoms with E-state index in [-0.39, 0.29) is 24.5 Å². The van der Waals surface area contributed by atoms with Gasteiger partial charge in [-0.1, -0.05) is 29.8 Å². The van der Waals surface area contributed by atoms with E-state index in [0.717, 1.165) is 42.0 Å². The molecular formula is C23H27NO3. The summed E-state index contributed by atoms with van der Waals surface area (Å²) in [5.41, 5.74) is 4.01. The quantitative estimate of drug-likeness (QED) is 0.718. The van der Waals surface area contributed by atoms with Gasteiger partial charge in [0.1, 0.15) is 5.75 Å². The molecule has 1 aliphatic rings. The molecule has 4 nitrogen and oxygen atoms in total. The lowest BCUT2D eigenvalue weighted by Crippen LogP contribution is -2.28. The summed E-state index contributed by atoms with van der Waals surface area (Å²) in [6, 6.07) is 13.9. The Morgan fingerprint density at radius 3 is 2.52 bits per heavy atom. The molecule has 142 valence electrons. The largest absolute Gasteiger partial charge is 0.497 e. The zero-order chi connectivity index (χ0) is 19.4. The van der Waals surface area contributed by atoms with Crippen LogP contribution in [-0.2, 0) is 4.79 Å². The molecule has 1 atom stereocenters. The molecule has 2 aromatic rings. The van der Waals surface area contributed by atoms with Crippen molar-refractivity contribution in [3.8, 4) is 5.75 Å². The lowest BCUT2D eigenvalue weighted by Gasteiger charge is -2.17. The Morgan fingerprint density at radius 2 is 1.81 bits per heavy atom. The standard InChI is InChI=1S/C23H27NO3/c1-16-4-5-17(2)21(14-16)22(25)10-11-23(26)24-13-12-19(15-24)18-6-8-20(27-3)9-7-18/h4-9,14,19H,10-13,15H2,1-3H3. The number of hydrogen-bond acceptors (Lipinski definition) is 3. The first-order chi connectivity index (χ1) is 13.0. The van der Waals surface area contributed by atoms with E-state index in [0.29, 0.717) is 5.92 Å². The summed E-state index contributed by atoms with van der Waals surface area (Å²) in [6.45, 7) is 5.40. The number of Topliss-reactive ketones (excluding diaryl/α,β-unsaturated/α-hetero) is 1. The minimum Gasteiger partial charge on any atom is -0.497 e. The highest BCUT2D eigenvalue weighted by molar-refractivity contribution is 5.99. The van der Waals surface area contributed by atoms with Crippen LogP contribution in [0.5, 0.6) is 5.75 Å². The zero-order valence-corrected chi connectivity index (χ0v) is 16.3. The van der Waals surface area contributed by atoms with Crippen LogP contribution in [0.15, 0.2) is 42.5 Å². The first kappa shape index (κ1) is 19.2. The Balaban J connectivity index is 1.54. The minimum atomic E-state index is 0.0513. The molecule has 3 rings (SSSR count). The van der Waals surface area contributed by atoms with Crippen molar-refractivity contribution in [2.45, 2.75) is 39.0 Å². The maximum absolute atomic E-state index is 12.6. The first-order valence-corrected chi connectivity index (χ1v) is 9.50. The summed E-state index contributed by atoms with van der Waals surface area (Å²) in [4.78, 5) is 27.0. The molecule has 1 unspecified atom stereocenters. The van der Waals surface area contributed by atoms with Crippen molar-refractivity contribution >= 4 is 11.7 Å². The number of ketones is 1. The fraction of sp³-hybridized carbons (Fsp3) is 0.391. The van der Waals surface area contributed by atoms with E-state index < -0.39 is 0 Å². The molecule has 1 heterocycles. The Morgan fingerprint density at radius 1 is 1.07 bits per heavy atom. The van der Waals surface area contributed by atoms with Crippen LogP contribution >= 0.6 is 0 Å². The Labute approximate surface area is 161 Å². The van der Waals surface area contributed by atoms with E-state index in [1.165, 1.54) is 5.56 Å². The second-order valence-corrected chi connectivity index (χ2v) is 7.34. The molecular weight excluding hydrogens is 338 g/mol. The number of methoxy groups -OCH3 is 1. The molecule has 1 amide bonds. The molecule has 0 aliphatic carbocycles. The van der Waals surface area contributed by atoms with Gasteiger partial charge in [-0.2, -0.15) is 0 Å². The summed E-state index contributed by atoms with van der Waals surface area (Å²) in [6.07, 6.45) is 1.51. The fourth-order valence-electron chi connectivity index (χ4n) is 3.68. The Kier molecular flexibility index (Phi) is 5.94. The third-order valence-electron chi connectivity index (χ3n) is 5.39. The Bertz CT molecular complexity index is 826. The van der Waals surface area contributed by atoms with Gasteiger partial charge in [0, 0.05) is 37.4 Å². The van der Waals surface area contributed by atoms with Gasteiger partial charge in [0.05, 0.1) is 7.11 Å². The second-order valence-electron chi connectivity index (χ2n) is 7.34. The lowest BCUT2D eigenvalue weighted by atomic mass is 9.98. The van der Waals surface area contributed by atoms with Gasteiger partial charge in [0.25, 0.3) is 0 Å². The summed E-state index contributed by atoms with van der Waals surface area (Å²) in [7, 11) is 1.66. The molecule has 1 saturated heterocycles. The topological polar surface area (TPSA) is 46.6 Å². The number of benzene rings is 2. The summed E-state index contributed by atoms with van der Waals surface area (Å²) >= 11 is 0. The first-order valence-electron chi connectivity index (χ1n) is 9.50. The zero-order valence-electron chi connectivity index (χ0n) is 16.3. The van der Waals surface area contributed by atoms with E-state index in [9.17, 15) is 9.59 Å². The smallest absolute Gasteiger partial charge is 0.223 e. The van der Waals surface area contributed by atoms with Crippen molar-refractivity contribution in [1.82, 2.24) is 4.90 Å². The van der Waals surface area contributed by atoms with E-state index >= 15 is 0 Å². The Hall–Kier alpha value is -2.62. The van der Waals surface area contributed by atoms with Crippen molar-refractivity contribution in [3.05, 3.63) is 64.7 Å². The monoisotopic (exact) mass is 365 g/mol. The molecule has 0 saturated carbocycles. The summed E-state index contributed by atoms with van der Waals surface area (Å²) in [5, 5.41) is 0. The third-order valence-corrected chi connectivity index (χ3v) is 5.39. The number of rotatable bonds is 6. The minimum absolute atomic E-state index is 0.0513.